The number of hydrogen-bond acceptors (Lipinski definition) is 0. The maximum absolute atomic E-state index is 3.93. The summed E-state index contributed by atoms with van der Waals surface area (Å²) in [5.74, 6) is 7.66. The van der Waals surface area contributed by atoms with E-state index in [1.165, 1.54) is 116 Å². The highest BCUT2D eigenvalue weighted by Crippen LogP contribution is 2.21. The van der Waals surface area contributed by atoms with E-state index in [9.17, 15) is 0 Å². The summed E-state index contributed by atoms with van der Waals surface area (Å²) in [6, 6.07) is 0. The smallest absolute Gasteiger partial charge is 0.0198 e. The molecule has 0 aliphatic heterocycles. The van der Waals surface area contributed by atoms with Gasteiger partial charge in [-0.2, -0.15) is 0 Å². The molecule has 0 aromatic carbocycles. The molecule has 0 amide bonds. The number of hydrogen-bond donors (Lipinski definition) is 0. The monoisotopic (exact) mass is 388 g/mol. The van der Waals surface area contributed by atoms with Gasteiger partial charge < -0.3 is 0 Å². The summed E-state index contributed by atoms with van der Waals surface area (Å²) in [5.41, 5.74) is 0. The Kier molecular flexibility index (Phi) is 22.5. The molecule has 0 heterocycles. The second-order valence-corrected chi connectivity index (χ2v) is 9.27. The van der Waals surface area contributed by atoms with Gasteiger partial charge in [-0.25, -0.2) is 0 Å². The van der Waals surface area contributed by atoms with Gasteiger partial charge in [0.1, 0.15) is 0 Å². The average Bonchev–Trinajstić information content (AvgIpc) is 2.69. The fourth-order valence-corrected chi connectivity index (χ4v) is 4.15. The summed E-state index contributed by atoms with van der Waals surface area (Å²) in [5, 5.41) is 0. The van der Waals surface area contributed by atoms with E-state index in [1.54, 1.807) is 0 Å². The molecule has 2 radical (unpaired) electrons. The lowest BCUT2D eigenvalue weighted by atomic mass is 9.93. The molecule has 0 rings (SSSR count). The third-order valence-electron chi connectivity index (χ3n) is 6.21. The van der Waals surface area contributed by atoms with Crippen LogP contribution >= 0.6 is 0 Å². The van der Waals surface area contributed by atoms with Crippen molar-refractivity contribution >= 4 is 0 Å². The molecule has 2 atom stereocenters. The molecule has 0 heteroatoms. The molecule has 0 spiro atoms. The van der Waals surface area contributed by atoms with Crippen LogP contribution in [0.3, 0.4) is 0 Å². The van der Waals surface area contributed by atoms with Gasteiger partial charge in [-0.05, 0) is 18.3 Å². The third-order valence-corrected chi connectivity index (χ3v) is 6.21. The molecule has 164 valence electrons. The van der Waals surface area contributed by atoms with Crippen LogP contribution in [0.5, 0.6) is 0 Å². The molecular weight excluding hydrogens is 336 g/mol. The minimum atomic E-state index is 0.937. The topological polar surface area (TPSA) is 0 Å². The van der Waals surface area contributed by atoms with Crippen molar-refractivity contribution in [3.8, 4) is 11.8 Å². The average molecular weight is 389 g/mol. The van der Waals surface area contributed by atoms with Gasteiger partial charge in [0.2, 0.25) is 0 Å². The largest absolute Gasteiger partial charge is 0.103 e. The summed E-state index contributed by atoms with van der Waals surface area (Å²) in [6.07, 6.45) is 27.6. The zero-order valence-electron chi connectivity index (χ0n) is 19.7. The molecule has 0 aliphatic carbocycles. The van der Waals surface area contributed by atoms with Gasteiger partial charge in [-0.3, -0.25) is 0 Å². The zero-order chi connectivity index (χ0) is 20.7. The Morgan fingerprint density at radius 2 is 0.893 bits per heavy atom. The molecule has 0 aromatic heterocycles. The maximum Gasteiger partial charge on any atom is 0.0198 e. The SMILES string of the molecule is [CH2]C#CCCCCCCCCCC(C)CCCCCC(C)CCCCCC[CH2]. The minimum Gasteiger partial charge on any atom is -0.103 e. The van der Waals surface area contributed by atoms with Crippen LogP contribution in [-0.4, -0.2) is 0 Å². The Hall–Kier alpha value is -0.440. The molecule has 0 nitrogen and oxygen atoms in total. The molecule has 0 N–H and O–H groups in total. The number of rotatable bonds is 21. The van der Waals surface area contributed by atoms with E-state index in [1.807, 2.05) is 0 Å². The molecule has 0 aromatic rings. The van der Waals surface area contributed by atoms with E-state index in [0.29, 0.717) is 0 Å². The summed E-state index contributed by atoms with van der Waals surface area (Å²) in [6.45, 7) is 12.4. The Bertz CT molecular complexity index is 345. The van der Waals surface area contributed by atoms with Crippen molar-refractivity contribution in [2.45, 2.75) is 142 Å². The molecular formula is C28H52. The van der Waals surface area contributed by atoms with Crippen LogP contribution in [0.4, 0.5) is 0 Å². The second-order valence-electron chi connectivity index (χ2n) is 9.27. The van der Waals surface area contributed by atoms with E-state index in [2.05, 4.69) is 39.5 Å². The highest BCUT2D eigenvalue weighted by molar-refractivity contribution is 5.00. The Morgan fingerprint density at radius 3 is 1.32 bits per heavy atom. The van der Waals surface area contributed by atoms with Gasteiger partial charge in [0, 0.05) is 13.3 Å². The fraction of sp³-hybridized carbons (Fsp3) is 0.857. The lowest BCUT2D eigenvalue weighted by Gasteiger charge is -2.13. The van der Waals surface area contributed by atoms with Crippen LogP contribution in [0.1, 0.15) is 142 Å². The van der Waals surface area contributed by atoms with Gasteiger partial charge in [0.05, 0.1) is 0 Å². The zero-order valence-corrected chi connectivity index (χ0v) is 19.7. The predicted octanol–water partition coefficient (Wildman–Crippen LogP) is 9.73. The standard InChI is InChI=1S/C28H52/c1-5-7-9-11-12-13-14-15-17-20-24-28(4)26-22-18-21-25-27(3)23-19-16-10-8-6-2/h27-28H,1-2,6,8-26H2,3-4H3. The third kappa shape index (κ3) is 21.9. The van der Waals surface area contributed by atoms with Crippen molar-refractivity contribution in [1.82, 2.24) is 0 Å². The van der Waals surface area contributed by atoms with E-state index in [0.717, 1.165) is 24.7 Å². The normalized spacial score (nSPS) is 13.1. The van der Waals surface area contributed by atoms with Gasteiger partial charge in [-0.1, -0.05) is 136 Å². The predicted molar refractivity (Wildman–Crippen MR) is 129 cm³/mol. The summed E-state index contributed by atoms with van der Waals surface area (Å²) in [7, 11) is 0. The van der Waals surface area contributed by atoms with E-state index >= 15 is 0 Å². The Balaban J connectivity index is 3.28. The van der Waals surface area contributed by atoms with Crippen LogP contribution in [0.2, 0.25) is 0 Å². The minimum absolute atomic E-state index is 0.937. The van der Waals surface area contributed by atoms with Gasteiger partial charge in [-0.15, -0.1) is 11.8 Å². The van der Waals surface area contributed by atoms with Gasteiger partial charge in [0.15, 0.2) is 0 Å². The van der Waals surface area contributed by atoms with Crippen LogP contribution in [0, 0.1) is 37.5 Å². The highest BCUT2D eigenvalue weighted by atomic mass is 14.1. The van der Waals surface area contributed by atoms with Crippen LogP contribution < -0.4 is 0 Å². The lowest BCUT2D eigenvalue weighted by Crippen LogP contribution is -1.97. The van der Waals surface area contributed by atoms with Crippen LogP contribution in [-0.2, 0) is 0 Å². The van der Waals surface area contributed by atoms with E-state index < -0.39 is 0 Å². The number of unbranched alkanes of at least 4 members (excludes halogenated alkanes) is 13. The molecule has 0 saturated carbocycles. The van der Waals surface area contributed by atoms with E-state index in [4.69, 9.17) is 0 Å². The molecule has 0 bridgehead atoms. The maximum atomic E-state index is 3.93. The van der Waals surface area contributed by atoms with E-state index in [-0.39, 0.29) is 0 Å². The van der Waals surface area contributed by atoms with Crippen molar-refractivity contribution in [1.29, 1.82) is 0 Å². The van der Waals surface area contributed by atoms with Crippen molar-refractivity contribution in [3.05, 3.63) is 13.8 Å². The van der Waals surface area contributed by atoms with Crippen LogP contribution in [0.15, 0.2) is 0 Å². The molecule has 0 fully saturated rings. The second kappa shape index (κ2) is 22.8. The Morgan fingerprint density at radius 1 is 0.536 bits per heavy atom. The first-order chi connectivity index (χ1) is 13.7. The lowest BCUT2D eigenvalue weighted by molar-refractivity contribution is 0.408. The molecule has 28 heavy (non-hydrogen) atoms. The molecule has 2 unspecified atom stereocenters. The van der Waals surface area contributed by atoms with Gasteiger partial charge in [0.25, 0.3) is 0 Å². The van der Waals surface area contributed by atoms with Gasteiger partial charge >= 0.3 is 0 Å². The molecule has 0 aliphatic rings. The fourth-order valence-electron chi connectivity index (χ4n) is 4.15. The van der Waals surface area contributed by atoms with Crippen molar-refractivity contribution in [3.63, 3.8) is 0 Å². The molecule has 0 saturated heterocycles. The first-order valence-corrected chi connectivity index (χ1v) is 12.7. The van der Waals surface area contributed by atoms with Crippen LogP contribution in [0.25, 0.3) is 0 Å². The van der Waals surface area contributed by atoms with Crippen molar-refractivity contribution < 1.29 is 0 Å². The summed E-state index contributed by atoms with van der Waals surface area (Å²) < 4.78 is 0. The van der Waals surface area contributed by atoms with Crippen molar-refractivity contribution in [2.75, 3.05) is 0 Å². The first-order valence-electron chi connectivity index (χ1n) is 12.7. The van der Waals surface area contributed by atoms with Crippen molar-refractivity contribution in [2.24, 2.45) is 11.8 Å². The quantitative estimate of drug-likeness (QED) is 0.135. The summed E-state index contributed by atoms with van der Waals surface area (Å²) >= 11 is 0. The highest BCUT2D eigenvalue weighted by Gasteiger charge is 2.04. The Labute approximate surface area is 180 Å². The first kappa shape index (κ1) is 27.6. The summed E-state index contributed by atoms with van der Waals surface area (Å²) in [4.78, 5) is 0.